The number of esters is 1. The molecule has 0 aliphatic carbocycles. The number of ether oxygens (including phenoxy) is 2. The number of carboxylic acid groups (broad SMARTS) is 1. The summed E-state index contributed by atoms with van der Waals surface area (Å²) in [6.45, 7) is 22.1. The Hall–Kier alpha value is -1.95. The Bertz CT molecular complexity index is 1100. The van der Waals surface area contributed by atoms with Crippen LogP contribution in [0.15, 0.2) is 30.4 Å². The highest BCUT2D eigenvalue weighted by Crippen LogP contribution is 2.42. The number of hydrogen-bond donors (Lipinski definition) is 1. The number of carbonyl (C=O) groups excluding carboxylic acids is 1. The molecular formula is C31H50O7Si2. The van der Waals surface area contributed by atoms with Gasteiger partial charge in [0.15, 0.2) is 8.32 Å². The molecule has 0 spiro atoms. The molecule has 9 heteroatoms. The van der Waals surface area contributed by atoms with Crippen LogP contribution in [0.4, 0.5) is 0 Å². The van der Waals surface area contributed by atoms with Crippen molar-refractivity contribution in [3.63, 3.8) is 0 Å². The van der Waals surface area contributed by atoms with E-state index in [0.717, 1.165) is 24.5 Å². The third-order valence-corrected chi connectivity index (χ3v) is 18.0. The Labute approximate surface area is 242 Å². The first kappa shape index (κ1) is 32.6. The maximum absolute atomic E-state index is 13.8. The second-order valence-electron chi connectivity index (χ2n) is 14.4. The molecule has 0 unspecified atom stereocenters. The summed E-state index contributed by atoms with van der Waals surface area (Å²) in [5.41, 5.74) is 1.30. The highest BCUT2D eigenvalue weighted by atomic mass is 28.4. The molecule has 1 N–H and O–H groups in total. The minimum Gasteiger partial charge on any atom is -0.543 e. The quantitative estimate of drug-likeness (QED) is 0.200. The van der Waals surface area contributed by atoms with Crippen molar-refractivity contribution in [2.24, 2.45) is 0 Å². The standard InChI is InChI=1S/C31H50O7Si2/c1-30(2,3)39(7,8)37-25-19-23-17-21-13-11-15-26(38-40(9,10)31(4,5)6)28(21)29(34)36-22(14-12-16-27(32)33)18-24(20-25)35-23/h11-13,15-16,22-25H,14,17-20H2,1-10H3,(H,32,33)/b16-12+/t22-,23-,24-,25-/m0/s1. The number of hydrogen-bond acceptors (Lipinski definition) is 6. The van der Waals surface area contributed by atoms with Gasteiger partial charge in [-0.1, -0.05) is 59.8 Å². The average molecular weight is 591 g/mol. The second-order valence-corrected chi connectivity index (χ2v) is 23.9. The van der Waals surface area contributed by atoms with E-state index in [-0.39, 0.29) is 34.8 Å². The lowest BCUT2D eigenvalue weighted by Crippen LogP contribution is -2.48. The van der Waals surface area contributed by atoms with Gasteiger partial charge in [-0.15, -0.1) is 0 Å². The molecule has 224 valence electrons. The first-order valence-corrected chi connectivity index (χ1v) is 20.4. The third kappa shape index (κ3) is 8.08. The summed E-state index contributed by atoms with van der Waals surface area (Å²) < 4.78 is 26.2. The zero-order valence-electron chi connectivity index (χ0n) is 26.1. The number of aliphatic carboxylic acids is 1. The van der Waals surface area contributed by atoms with Gasteiger partial charge in [0.2, 0.25) is 0 Å². The maximum Gasteiger partial charge on any atom is 0.342 e. The van der Waals surface area contributed by atoms with Gasteiger partial charge in [-0.3, -0.25) is 0 Å². The van der Waals surface area contributed by atoms with Gasteiger partial charge in [0.1, 0.15) is 17.4 Å². The summed E-state index contributed by atoms with van der Waals surface area (Å²) in [5, 5.41) is 9.16. The van der Waals surface area contributed by atoms with Gasteiger partial charge in [-0.05, 0) is 67.2 Å². The lowest BCUT2D eigenvalue weighted by molar-refractivity contribution is -0.131. The smallest absolute Gasteiger partial charge is 0.342 e. The van der Waals surface area contributed by atoms with Crippen molar-refractivity contribution in [3.8, 4) is 5.75 Å². The predicted octanol–water partition coefficient (Wildman–Crippen LogP) is 7.51. The first-order valence-electron chi connectivity index (χ1n) is 14.5. The molecule has 4 atom stereocenters. The van der Waals surface area contributed by atoms with Crippen molar-refractivity contribution >= 4 is 28.6 Å². The summed E-state index contributed by atoms with van der Waals surface area (Å²) >= 11 is 0. The van der Waals surface area contributed by atoms with Gasteiger partial charge in [0.05, 0.1) is 12.2 Å². The maximum atomic E-state index is 13.8. The lowest BCUT2D eigenvalue weighted by Gasteiger charge is -2.44. The van der Waals surface area contributed by atoms with Crippen LogP contribution in [0.2, 0.25) is 36.3 Å². The van der Waals surface area contributed by atoms with E-state index in [1.807, 2.05) is 18.2 Å². The number of fused-ring (bicyclic) bond motifs is 3. The Morgan fingerprint density at radius 2 is 1.62 bits per heavy atom. The number of rotatable bonds is 7. The van der Waals surface area contributed by atoms with Gasteiger partial charge in [0, 0.05) is 25.0 Å². The largest absolute Gasteiger partial charge is 0.543 e. The zero-order valence-corrected chi connectivity index (χ0v) is 28.1. The molecule has 1 fully saturated rings. The van der Waals surface area contributed by atoms with E-state index in [9.17, 15) is 9.59 Å². The van der Waals surface area contributed by atoms with Gasteiger partial charge in [-0.2, -0.15) is 0 Å². The van der Waals surface area contributed by atoms with E-state index < -0.39 is 34.7 Å². The molecule has 1 aromatic carbocycles. The van der Waals surface area contributed by atoms with Crippen LogP contribution in [0, 0.1) is 0 Å². The van der Waals surface area contributed by atoms with Gasteiger partial charge in [-0.25, -0.2) is 9.59 Å². The highest BCUT2D eigenvalue weighted by molar-refractivity contribution is 6.75. The van der Waals surface area contributed by atoms with Crippen LogP contribution in [0.3, 0.4) is 0 Å². The summed E-state index contributed by atoms with van der Waals surface area (Å²) in [6, 6.07) is 5.77. The Morgan fingerprint density at radius 3 is 2.23 bits per heavy atom. The SMILES string of the molecule is CC(C)(C)[Si](C)(C)Oc1cccc2c1C(=O)O[C@@H](C/C=C/C(=O)O)C[C@H]1C[C@@H](O[Si](C)(C)C(C)(C)C)C[C@H](C2)O1. The molecule has 1 aromatic rings. The molecule has 1 saturated heterocycles. The summed E-state index contributed by atoms with van der Waals surface area (Å²) in [7, 11) is -4.26. The summed E-state index contributed by atoms with van der Waals surface area (Å²) in [5.74, 6) is -0.901. The van der Waals surface area contributed by atoms with Crippen molar-refractivity contribution in [1.82, 2.24) is 0 Å². The van der Waals surface area contributed by atoms with Gasteiger partial charge >= 0.3 is 11.9 Å². The van der Waals surface area contributed by atoms with Gasteiger partial charge < -0.3 is 23.4 Å². The van der Waals surface area contributed by atoms with Crippen molar-refractivity contribution < 1.29 is 33.0 Å². The molecule has 0 radical (unpaired) electrons. The predicted molar refractivity (Wildman–Crippen MR) is 163 cm³/mol. The van der Waals surface area contributed by atoms with Crippen LogP contribution in [0.1, 0.15) is 83.1 Å². The van der Waals surface area contributed by atoms with E-state index in [4.69, 9.17) is 23.4 Å². The minimum absolute atomic E-state index is 0.0464. The fourth-order valence-corrected chi connectivity index (χ4v) is 7.20. The molecule has 2 heterocycles. The van der Waals surface area contributed by atoms with Crippen molar-refractivity contribution in [2.45, 2.75) is 134 Å². The normalized spacial score (nSPS) is 24.8. The van der Waals surface area contributed by atoms with Crippen molar-refractivity contribution in [1.29, 1.82) is 0 Å². The molecule has 3 rings (SSSR count). The highest BCUT2D eigenvalue weighted by Gasteiger charge is 2.43. The molecule has 2 aliphatic rings. The van der Waals surface area contributed by atoms with E-state index in [1.54, 1.807) is 6.08 Å². The van der Waals surface area contributed by atoms with Crippen molar-refractivity contribution in [2.75, 3.05) is 0 Å². The second kappa shape index (κ2) is 12.1. The fourth-order valence-electron chi connectivity index (χ4n) is 4.79. The minimum atomic E-state index is -2.25. The van der Waals surface area contributed by atoms with Crippen LogP contribution in [0.5, 0.6) is 5.75 Å². The number of carbonyl (C=O) groups is 2. The van der Waals surface area contributed by atoms with E-state index in [0.29, 0.717) is 24.2 Å². The third-order valence-electron chi connectivity index (χ3n) is 9.10. The van der Waals surface area contributed by atoms with Gasteiger partial charge in [0.25, 0.3) is 8.32 Å². The van der Waals surface area contributed by atoms with Crippen LogP contribution in [-0.2, 0) is 25.1 Å². The first-order chi connectivity index (χ1) is 18.3. The van der Waals surface area contributed by atoms with Crippen LogP contribution in [0.25, 0.3) is 0 Å². The Balaban J connectivity index is 2.02. The number of carboxylic acids is 1. The summed E-state index contributed by atoms with van der Waals surface area (Å²) in [4.78, 5) is 24.9. The Kier molecular flexibility index (Phi) is 9.86. The van der Waals surface area contributed by atoms with Crippen LogP contribution >= 0.6 is 0 Å². The van der Waals surface area contributed by atoms with Crippen LogP contribution < -0.4 is 4.43 Å². The topological polar surface area (TPSA) is 91.3 Å². The lowest BCUT2D eigenvalue weighted by atomic mass is 9.91. The van der Waals surface area contributed by atoms with Crippen LogP contribution in [-0.4, -0.2) is 58.1 Å². The van der Waals surface area contributed by atoms with E-state index >= 15 is 0 Å². The molecule has 2 aliphatic heterocycles. The summed E-state index contributed by atoms with van der Waals surface area (Å²) in [6.07, 6.45) is 4.70. The molecule has 2 bridgehead atoms. The molecule has 7 nitrogen and oxygen atoms in total. The molecule has 0 aromatic heterocycles. The van der Waals surface area contributed by atoms with E-state index in [1.165, 1.54) is 0 Å². The zero-order chi connectivity index (χ0) is 30.1. The molecule has 40 heavy (non-hydrogen) atoms. The molecular weight excluding hydrogens is 541 g/mol. The number of benzene rings is 1. The molecule has 0 amide bonds. The fraction of sp³-hybridized carbons (Fsp3) is 0.677. The average Bonchev–Trinajstić information content (AvgIpc) is 2.76. The van der Waals surface area contributed by atoms with Crippen molar-refractivity contribution in [3.05, 3.63) is 41.5 Å². The molecule has 0 saturated carbocycles. The number of cyclic esters (lactones) is 1. The monoisotopic (exact) mass is 590 g/mol. The Morgan fingerprint density at radius 1 is 1.00 bits per heavy atom. The van der Waals surface area contributed by atoms with E-state index in [2.05, 4.69) is 67.7 Å².